The zero-order chi connectivity index (χ0) is 22.0. The van der Waals surface area contributed by atoms with Crippen LogP contribution in [0.15, 0.2) is 35.7 Å². The first-order chi connectivity index (χ1) is 14.9. The van der Waals surface area contributed by atoms with E-state index in [0.29, 0.717) is 25.6 Å². The minimum absolute atomic E-state index is 0.0176. The van der Waals surface area contributed by atoms with E-state index in [-0.39, 0.29) is 30.3 Å². The molecule has 0 bridgehead atoms. The number of hydrogen-bond acceptors (Lipinski definition) is 4. The molecule has 1 atom stereocenters. The summed E-state index contributed by atoms with van der Waals surface area (Å²) in [6.45, 7) is 8.11. The predicted molar refractivity (Wildman–Crippen MR) is 123 cm³/mol. The van der Waals surface area contributed by atoms with Crippen molar-refractivity contribution in [3.8, 4) is 5.75 Å². The van der Waals surface area contributed by atoms with Gasteiger partial charge in [-0.25, -0.2) is 0 Å². The molecular formula is C25H32N2O3S. The van der Waals surface area contributed by atoms with Crippen LogP contribution in [-0.4, -0.2) is 47.9 Å². The van der Waals surface area contributed by atoms with E-state index in [1.54, 1.807) is 16.2 Å². The number of nitrogens with zero attached hydrogens (tertiary/aromatic N) is 2. The molecule has 1 aromatic carbocycles. The Bertz CT molecular complexity index is 917. The summed E-state index contributed by atoms with van der Waals surface area (Å²) < 4.78 is 6.10. The summed E-state index contributed by atoms with van der Waals surface area (Å²) in [5.41, 5.74) is 2.37. The Morgan fingerprint density at radius 1 is 1.19 bits per heavy atom. The van der Waals surface area contributed by atoms with Crippen molar-refractivity contribution in [3.05, 3.63) is 51.7 Å². The zero-order valence-electron chi connectivity index (χ0n) is 18.7. The van der Waals surface area contributed by atoms with E-state index in [0.717, 1.165) is 25.0 Å². The Kier molecular flexibility index (Phi) is 6.65. The summed E-state index contributed by atoms with van der Waals surface area (Å²) in [5.74, 6) is 1.43. The lowest BCUT2D eigenvalue weighted by Gasteiger charge is -2.37. The van der Waals surface area contributed by atoms with Crippen LogP contribution in [0, 0.1) is 18.8 Å². The van der Waals surface area contributed by atoms with Crippen molar-refractivity contribution in [2.24, 2.45) is 11.8 Å². The van der Waals surface area contributed by atoms with Crippen molar-refractivity contribution in [1.82, 2.24) is 9.80 Å². The fraction of sp³-hybridized carbons (Fsp3) is 0.520. The summed E-state index contributed by atoms with van der Waals surface area (Å²) in [7, 11) is 0. The first-order valence-corrected chi connectivity index (χ1v) is 12.1. The van der Waals surface area contributed by atoms with Gasteiger partial charge >= 0.3 is 0 Å². The normalized spacial score (nSPS) is 18.1. The molecule has 2 heterocycles. The van der Waals surface area contributed by atoms with Crippen LogP contribution in [0.1, 0.15) is 48.7 Å². The molecule has 0 spiro atoms. The molecule has 6 heteroatoms. The lowest BCUT2D eigenvalue weighted by molar-refractivity contribution is -0.143. The topological polar surface area (TPSA) is 49.9 Å². The standard InChI is InChI=1S/C25H32N2O3S/c1-17(2)14-26(25(29)19-6-7-19)15-24(28)27-12-10-23-21(11-13-31-23)22(27)16-30-20-8-4-18(3)5-9-20/h4-5,8-9,11,13,17,19,22H,6-7,10,12,14-16H2,1-3H3/t22-/m0/s1. The lowest BCUT2D eigenvalue weighted by atomic mass is 10.00. The fourth-order valence-electron chi connectivity index (χ4n) is 4.20. The Morgan fingerprint density at radius 2 is 1.94 bits per heavy atom. The van der Waals surface area contributed by atoms with Crippen molar-refractivity contribution in [3.63, 3.8) is 0 Å². The molecule has 0 N–H and O–H groups in total. The number of hydrogen-bond donors (Lipinski definition) is 0. The monoisotopic (exact) mass is 440 g/mol. The number of benzene rings is 1. The van der Waals surface area contributed by atoms with Crippen LogP contribution in [0.2, 0.25) is 0 Å². The first kappa shape index (κ1) is 21.9. The number of thiophene rings is 1. The highest BCUT2D eigenvalue weighted by molar-refractivity contribution is 7.10. The van der Waals surface area contributed by atoms with E-state index < -0.39 is 0 Å². The van der Waals surface area contributed by atoms with Crippen LogP contribution in [-0.2, 0) is 16.0 Å². The Hall–Kier alpha value is -2.34. The second kappa shape index (κ2) is 9.43. The minimum Gasteiger partial charge on any atom is -0.491 e. The molecule has 2 aromatic rings. The molecule has 1 fully saturated rings. The van der Waals surface area contributed by atoms with Gasteiger partial charge in [0.15, 0.2) is 0 Å². The SMILES string of the molecule is Cc1ccc(OC[C@H]2c3ccsc3CCN2C(=O)CN(CC(C)C)C(=O)C2CC2)cc1. The molecule has 1 aliphatic carbocycles. The molecule has 2 amide bonds. The van der Waals surface area contributed by atoms with Crippen LogP contribution in [0.3, 0.4) is 0 Å². The molecule has 0 saturated heterocycles. The van der Waals surface area contributed by atoms with Crippen molar-refractivity contribution in [2.45, 2.75) is 46.1 Å². The summed E-state index contributed by atoms with van der Waals surface area (Å²) in [5, 5.41) is 2.10. The summed E-state index contributed by atoms with van der Waals surface area (Å²) >= 11 is 1.75. The van der Waals surface area contributed by atoms with E-state index in [2.05, 4.69) is 32.2 Å². The van der Waals surface area contributed by atoms with E-state index in [9.17, 15) is 9.59 Å². The summed E-state index contributed by atoms with van der Waals surface area (Å²) in [6, 6.07) is 9.99. The maximum absolute atomic E-state index is 13.4. The molecule has 5 nitrogen and oxygen atoms in total. The molecular weight excluding hydrogens is 408 g/mol. The van der Waals surface area contributed by atoms with Crippen LogP contribution >= 0.6 is 11.3 Å². The Labute approximate surface area is 189 Å². The number of ether oxygens (including phenoxy) is 1. The van der Waals surface area contributed by atoms with Crippen molar-refractivity contribution in [2.75, 3.05) is 26.2 Å². The highest BCUT2D eigenvalue weighted by Crippen LogP contribution is 2.35. The molecule has 1 saturated carbocycles. The highest BCUT2D eigenvalue weighted by atomic mass is 32.1. The van der Waals surface area contributed by atoms with Gasteiger partial charge in [-0.05, 0) is 61.2 Å². The largest absolute Gasteiger partial charge is 0.491 e. The number of fused-ring (bicyclic) bond motifs is 1. The van der Waals surface area contributed by atoms with Crippen LogP contribution in [0.5, 0.6) is 5.75 Å². The van der Waals surface area contributed by atoms with Crippen LogP contribution in [0.25, 0.3) is 0 Å². The smallest absolute Gasteiger partial charge is 0.242 e. The summed E-state index contributed by atoms with van der Waals surface area (Å²) in [6.07, 6.45) is 2.77. The quantitative estimate of drug-likeness (QED) is 0.609. The maximum Gasteiger partial charge on any atom is 0.242 e. The number of carbonyl (C=O) groups is 2. The summed E-state index contributed by atoms with van der Waals surface area (Å²) in [4.78, 5) is 31.2. The molecule has 1 aliphatic heterocycles. The van der Waals surface area contributed by atoms with Gasteiger partial charge in [0.05, 0.1) is 12.6 Å². The molecule has 2 aliphatic rings. The predicted octanol–water partition coefficient (Wildman–Crippen LogP) is 4.46. The van der Waals surface area contributed by atoms with E-state index >= 15 is 0 Å². The molecule has 0 unspecified atom stereocenters. The van der Waals surface area contributed by atoms with Gasteiger partial charge in [0, 0.05) is 23.9 Å². The van der Waals surface area contributed by atoms with Crippen molar-refractivity contribution in [1.29, 1.82) is 0 Å². The Balaban J connectivity index is 1.49. The molecule has 31 heavy (non-hydrogen) atoms. The fourth-order valence-corrected chi connectivity index (χ4v) is 5.13. The average Bonchev–Trinajstić information content (AvgIpc) is 3.48. The first-order valence-electron chi connectivity index (χ1n) is 11.3. The number of carbonyl (C=O) groups excluding carboxylic acids is 2. The van der Waals surface area contributed by atoms with Gasteiger partial charge in [-0.3, -0.25) is 9.59 Å². The average molecular weight is 441 g/mol. The Morgan fingerprint density at radius 3 is 2.61 bits per heavy atom. The third-order valence-corrected chi connectivity index (χ3v) is 6.99. The zero-order valence-corrected chi connectivity index (χ0v) is 19.5. The molecule has 4 rings (SSSR count). The second-order valence-electron chi connectivity index (χ2n) is 9.16. The second-order valence-corrected chi connectivity index (χ2v) is 10.2. The van der Waals surface area contributed by atoms with E-state index in [1.165, 1.54) is 16.0 Å². The van der Waals surface area contributed by atoms with Gasteiger partial charge in [0.25, 0.3) is 0 Å². The molecule has 1 aromatic heterocycles. The molecule has 166 valence electrons. The number of rotatable bonds is 8. The third kappa shape index (κ3) is 5.29. The van der Waals surface area contributed by atoms with E-state index in [1.807, 2.05) is 29.2 Å². The van der Waals surface area contributed by atoms with Crippen molar-refractivity contribution >= 4 is 23.2 Å². The third-order valence-electron chi connectivity index (χ3n) is 5.99. The van der Waals surface area contributed by atoms with E-state index in [4.69, 9.17) is 4.74 Å². The maximum atomic E-state index is 13.4. The molecule has 0 radical (unpaired) electrons. The lowest BCUT2D eigenvalue weighted by Crippen LogP contribution is -2.48. The van der Waals surface area contributed by atoms with Gasteiger partial charge < -0.3 is 14.5 Å². The van der Waals surface area contributed by atoms with Gasteiger partial charge in [-0.15, -0.1) is 11.3 Å². The van der Waals surface area contributed by atoms with Gasteiger partial charge in [0.1, 0.15) is 12.4 Å². The van der Waals surface area contributed by atoms with Crippen LogP contribution in [0.4, 0.5) is 0 Å². The van der Waals surface area contributed by atoms with Gasteiger partial charge in [-0.1, -0.05) is 31.5 Å². The van der Waals surface area contributed by atoms with Gasteiger partial charge in [0.2, 0.25) is 11.8 Å². The number of aryl methyl sites for hydroxylation is 1. The van der Waals surface area contributed by atoms with Gasteiger partial charge in [-0.2, -0.15) is 0 Å². The highest BCUT2D eigenvalue weighted by Gasteiger charge is 2.37. The van der Waals surface area contributed by atoms with Crippen LogP contribution < -0.4 is 4.74 Å². The number of amides is 2. The minimum atomic E-state index is -0.124. The van der Waals surface area contributed by atoms with Crippen molar-refractivity contribution < 1.29 is 14.3 Å².